The van der Waals surface area contributed by atoms with Gasteiger partial charge >= 0.3 is 0 Å². The number of methoxy groups -OCH3 is 2. The molecule has 39 heavy (non-hydrogen) atoms. The molecule has 10 heteroatoms. The molecule has 2 aromatic heterocycles. The largest absolute Gasteiger partial charge is 0.497 e. The molecule has 1 aliphatic rings. The lowest BCUT2D eigenvalue weighted by molar-refractivity contribution is -0.127. The predicted molar refractivity (Wildman–Crippen MR) is 148 cm³/mol. The minimum absolute atomic E-state index is 0.0741. The average Bonchev–Trinajstić information content (AvgIpc) is 3.57. The van der Waals surface area contributed by atoms with Gasteiger partial charge < -0.3 is 19.4 Å². The zero-order chi connectivity index (χ0) is 27.4. The van der Waals surface area contributed by atoms with Crippen LogP contribution in [-0.4, -0.2) is 51.6 Å². The van der Waals surface area contributed by atoms with E-state index < -0.39 is 6.04 Å². The third kappa shape index (κ3) is 5.59. The standard InChI is InChI=1S/C29H34N6O4/c1-33-15-9-14-26(33)28(29(37)30-20-10-5-4-6-11-20)35(21-16-22(38-2)18-23(17-21)39-3)27(36)19-34-25-13-8-7-12-24(25)31-32-34/h7-9,12-18,20,28H,4-6,10-11,19H2,1-3H3,(H,30,37)/t28-/m1/s1. The van der Waals surface area contributed by atoms with Gasteiger partial charge in [-0.1, -0.05) is 36.6 Å². The van der Waals surface area contributed by atoms with Crippen LogP contribution in [0, 0.1) is 0 Å². The molecule has 2 amide bonds. The molecule has 0 unspecified atom stereocenters. The van der Waals surface area contributed by atoms with Crippen molar-refractivity contribution in [2.24, 2.45) is 7.05 Å². The van der Waals surface area contributed by atoms with Crippen molar-refractivity contribution in [3.63, 3.8) is 0 Å². The Morgan fingerprint density at radius 2 is 1.74 bits per heavy atom. The minimum atomic E-state index is -0.939. The van der Waals surface area contributed by atoms with Gasteiger partial charge in [0.2, 0.25) is 11.8 Å². The molecule has 1 N–H and O–H groups in total. The van der Waals surface area contributed by atoms with Crippen molar-refractivity contribution in [2.75, 3.05) is 19.1 Å². The number of anilines is 1. The van der Waals surface area contributed by atoms with Crippen LogP contribution in [0.2, 0.25) is 0 Å². The Morgan fingerprint density at radius 1 is 1.03 bits per heavy atom. The smallest absolute Gasteiger partial charge is 0.249 e. The second-order valence-electron chi connectivity index (χ2n) is 9.86. The van der Waals surface area contributed by atoms with Gasteiger partial charge in [0.1, 0.15) is 23.6 Å². The van der Waals surface area contributed by atoms with E-state index in [1.54, 1.807) is 37.1 Å². The number of ether oxygens (including phenoxy) is 2. The molecule has 0 bridgehead atoms. The second kappa shape index (κ2) is 11.6. The Hall–Kier alpha value is -4.34. The van der Waals surface area contributed by atoms with Gasteiger partial charge in [-0.3, -0.25) is 14.5 Å². The van der Waals surface area contributed by atoms with Gasteiger partial charge in [0.05, 0.1) is 31.1 Å². The maximum absolute atomic E-state index is 14.3. The fraction of sp³-hybridized carbons (Fsp3) is 0.379. The molecule has 0 aliphatic heterocycles. The van der Waals surface area contributed by atoms with Crippen molar-refractivity contribution in [1.29, 1.82) is 0 Å². The molecule has 1 aliphatic carbocycles. The van der Waals surface area contributed by atoms with Crippen molar-refractivity contribution in [2.45, 2.75) is 50.7 Å². The number of benzene rings is 2. The van der Waals surface area contributed by atoms with Crippen LogP contribution < -0.4 is 19.7 Å². The summed E-state index contributed by atoms with van der Waals surface area (Å²) in [5.74, 6) is 0.451. The number of aryl methyl sites for hydroxylation is 1. The molecule has 2 aromatic carbocycles. The summed E-state index contributed by atoms with van der Waals surface area (Å²) in [6.07, 6.45) is 7.06. The SMILES string of the molecule is COc1cc(OC)cc(N(C(=O)Cn2nnc3ccccc32)[C@@H](C(=O)NC2CCCCC2)c2cccn2C)c1. The summed E-state index contributed by atoms with van der Waals surface area (Å²) in [4.78, 5) is 29.9. The summed E-state index contributed by atoms with van der Waals surface area (Å²) in [5.41, 5.74) is 2.58. The van der Waals surface area contributed by atoms with Gasteiger partial charge in [0, 0.05) is 37.5 Å². The molecule has 0 spiro atoms. The van der Waals surface area contributed by atoms with Gasteiger partial charge in [-0.2, -0.15) is 0 Å². The molecule has 0 saturated heterocycles. The van der Waals surface area contributed by atoms with Crippen LogP contribution in [0.3, 0.4) is 0 Å². The van der Waals surface area contributed by atoms with E-state index in [1.807, 2.05) is 54.2 Å². The maximum atomic E-state index is 14.3. The van der Waals surface area contributed by atoms with E-state index in [1.165, 1.54) is 11.3 Å². The number of amides is 2. The van der Waals surface area contributed by atoms with E-state index in [9.17, 15) is 9.59 Å². The third-order valence-corrected chi connectivity index (χ3v) is 7.31. The molecule has 204 valence electrons. The second-order valence-corrected chi connectivity index (χ2v) is 9.86. The molecule has 4 aromatic rings. The van der Waals surface area contributed by atoms with Crippen molar-refractivity contribution >= 4 is 28.5 Å². The normalized spacial score (nSPS) is 14.6. The monoisotopic (exact) mass is 530 g/mol. The summed E-state index contributed by atoms with van der Waals surface area (Å²) < 4.78 is 14.5. The van der Waals surface area contributed by atoms with E-state index in [-0.39, 0.29) is 24.4 Å². The maximum Gasteiger partial charge on any atom is 0.249 e. The number of hydrogen-bond acceptors (Lipinski definition) is 6. The van der Waals surface area contributed by atoms with Gasteiger partial charge in [-0.15, -0.1) is 5.10 Å². The first-order valence-electron chi connectivity index (χ1n) is 13.2. The van der Waals surface area contributed by atoms with Gasteiger partial charge in [0.15, 0.2) is 6.04 Å². The van der Waals surface area contributed by atoms with E-state index >= 15 is 0 Å². The Labute approximate surface area is 227 Å². The number of nitrogens with one attached hydrogen (secondary N) is 1. The third-order valence-electron chi connectivity index (χ3n) is 7.31. The highest BCUT2D eigenvalue weighted by Crippen LogP contribution is 2.35. The molecule has 0 radical (unpaired) electrons. The molecule has 5 rings (SSSR count). The van der Waals surface area contributed by atoms with E-state index in [2.05, 4.69) is 15.6 Å². The van der Waals surface area contributed by atoms with E-state index in [4.69, 9.17) is 9.47 Å². The van der Waals surface area contributed by atoms with Crippen LogP contribution in [0.25, 0.3) is 11.0 Å². The Bertz CT molecular complexity index is 1430. The average molecular weight is 531 g/mol. The lowest BCUT2D eigenvalue weighted by atomic mass is 9.95. The summed E-state index contributed by atoms with van der Waals surface area (Å²) >= 11 is 0. The van der Waals surface area contributed by atoms with Crippen LogP contribution in [0.1, 0.15) is 43.8 Å². The first-order valence-corrected chi connectivity index (χ1v) is 13.2. The molecular weight excluding hydrogens is 496 g/mol. The van der Waals surface area contributed by atoms with Crippen LogP contribution >= 0.6 is 0 Å². The van der Waals surface area contributed by atoms with Crippen LogP contribution in [0.5, 0.6) is 11.5 Å². The zero-order valence-electron chi connectivity index (χ0n) is 22.5. The first-order chi connectivity index (χ1) is 19.0. The van der Waals surface area contributed by atoms with Gasteiger partial charge in [-0.05, 0) is 37.1 Å². The zero-order valence-corrected chi connectivity index (χ0v) is 22.5. The molecule has 1 atom stereocenters. The predicted octanol–water partition coefficient (Wildman–Crippen LogP) is 4.01. The summed E-state index contributed by atoms with van der Waals surface area (Å²) in [6.45, 7) is -0.113. The molecule has 2 heterocycles. The lowest BCUT2D eigenvalue weighted by Crippen LogP contribution is -2.48. The van der Waals surface area contributed by atoms with Crippen LogP contribution in [0.15, 0.2) is 60.8 Å². The highest BCUT2D eigenvalue weighted by Gasteiger charge is 2.36. The summed E-state index contributed by atoms with van der Waals surface area (Å²) in [6, 6.07) is 15.6. The van der Waals surface area contributed by atoms with Crippen LogP contribution in [0.4, 0.5) is 5.69 Å². The van der Waals surface area contributed by atoms with Crippen molar-refractivity contribution in [1.82, 2.24) is 24.9 Å². The Balaban J connectivity index is 1.60. The first kappa shape index (κ1) is 26.3. The number of carbonyl (C=O) groups excluding carboxylic acids is 2. The van der Waals surface area contributed by atoms with Crippen molar-refractivity contribution in [3.05, 3.63) is 66.5 Å². The number of nitrogens with zero attached hydrogens (tertiary/aromatic N) is 5. The highest BCUT2D eigenvalue weighted by molar-refractivity contribution is 6.01. The number of para-hydroxylation sites is 1. The van der Waals surface area contributed by atoms with Crippen molar-refractivity contribution in [3.8, 4) is 11.5 Å². The Kier molecular flexibility index (Phi) is 7.81. The van der Waals surface area contributed by atoms with Crippen LogP contribution in [-0.2, 0) is 23.2 Å². The topological polar surface area (TPSA) is 104 Å². The summed E-state index contributed by atoms with van der Waals surface area (Å²) in [7, 11) is 4.98. The molecule has 1 saturated carbocycles. The number of aromatic nitrogens is 4. The number of carbonyl (C=O) groups is 2. The van der Waals surface area contributed by atoms with Gasteiger partial charge in [0.25, 0.3) is 0 Å². The van der Waals surface area contributed by atoms with E-state index in [0.29, 0.717) is 28.4 Å². The van der Waals surface area contributed by atoms with E-state index in [0.717, 1.165) is 31.2 Å². The number of fused-ring (bicyclic) bond motifs is 1. The number of hydrogen-bond donors (Lipinski definition) is 1. The molecule has 10 nitrogen and oxygen atoms in total. The fourth-order valence-corrected chi connectivity index (χ4v) is 5.28. The number of rotatable bonds is 9. The minimum Gasteiger partial charge on any atom is -0.497 e. The van der Waals surface area contributed by atoms with Crippen molar-refractivity contribution < 1.29 is 19.1 Å². The lowest BCUT2D eigenvalue weighted by Gasteiger charge is -2.33. The molecular formula is C29H34N6O4. The molecule has 1 fully saturated rings. The quantitative estimate of drug-likeness (QED) is 0.351. The Morgan fingerprint density at radius 3 is 2.41 bits per heavy atom. The summed E-state index contributed by atoms with van der Waals surface area (Å²) in [5, 5.41) is 11.7. The fourth-order valence-electron chi connectivity index (χ4n) is 5.28. The highest BCUT2D eigenvalue weighted by atomic mass is 16.5. The van der Waals surface area contributed by atoms with Gasteiger partial charge in [-0.25, -0.2) is 4.68 Å².